The number of hydrogen-bond acceptors (Lipinski definition) is 5. The third kappa shape index (κ3) is 7.13. The van der Waals surface area contributed by atoms with Crippen molar-refractivity contribution in [1.82, 2.24) is 9.88 Å². The summed E-state index contributed by atoms with van der Waals surface area (Å²) < 4.78 is 6.97. The van der Waals surface area contributed by atoms with Crippen LogP contribution in [0.5, 0.6) is 5.88 Å². The van der Waals surface area contributed by atoms with Gasteiger partial charge in [-0.3, -0.25) is 0 Å². The minimum absolute atomic E-state index is 0.141. The van der Waals surface area contributed by atoms with Gasteiger partial charge in [-0.2, -0.15) is 0 Å². The van der Waals surface area contributed by atoms with Crippen LogP contribution in [0, 0.1) is 6.92 Å². The fourth-order valence-electron chi connectivity index (χ4n) is 2.50. The predicted molar refractivity (Wildman–Crippen MR) is 114 cm³/mol. The molecule has 1 saturated carbocycles. The number of oxime groups is 1. The summed E-state index contributed by atoms with van der Waals surface area (Å²) in [5.41, 5.74) is 2.55. The van der Waals surface area contributed by atoms with Gasteiger partial charge in [0.1, 0.15) is 11.7 Å². The summed E-state index contributed by atoms with van der Waals surface area (Å²) in [4.78, 5) is 16.6. The van der Waals surface area contributed by atoms with Crippen molar-refractivity contribution < 1.29 is 9.57 Å². The van der Waals surface area contributed by atoms with Gasteiger partial charge in [0.05, 0.1) is 27.9 Å². The maximum absolute atomic E-state index is 6.15. The smallest absolute Gasteiger partial charge is 0.228 e. The topological polar surface area (TPSA) is 59.3 Å². The first kappa shape index (κ1) is 21.7. The molecule has 0 N–H and O–H groups in total. The van der Waals surface area contributed by atoms with Gasteiger partial charge in [0.15, 0.2) is 0 Å². The molecule has 0 unspecified atom stereocenters. The van der Waals surface area contributed by atoms with Crippen LogP contribution < -0.4 is 4.74 Å². The van der Waals surface area contributed by atoms with E-state index in [9.17, 15) is 0 Å². The number of halogens is 1. The molecule has 0 saturated heterocycles. The van der Waals surface area contributed by atoms with Crippen molar-refractivity contribution in [3.8, 4) is 5.88 Å². The normalized spacial score (nSPS) is 17.9. The number of nitrogens with zero attached hydrogens (tertiary/aromatic N) is 4. The molecule has 1 heterocycles. The highest BCUT2D eigenvalue weighted by Crippen LogP contribution is 2.32. The Bertz CT molecular complexity index is 688. The number of pyridine rings is 1. The fourth-order valence-corrected chi connectivity index (χ4v) is 2.90. The largest absolute Gasteiger partial charge is 0.474 e. The summed E-state index contributed by atoms with van der Waals surface area (Å²) in [5.74, 6) is 0.631. The zero-order valence-electron chi connectivity index (χ0n) is 17.3. The molecule has 0 amide bonds. The highest BCUT2D eigenvalue weighted by atomic mass is 79.9. The van der Waals surface area contributed by atoms with Gasteiger partial charge in [-0.1, -0.05) is 5.16 Å². The van der Waals surface area contributed by atoms with Gasteiger partial charge in [0.25, 0.3) is 0 Å². The van der Waals surface area contributed by atoms with Gasteiger partial charge >= 0.3 is 0 Å². The fraction of sp³-hybridized carbons (Fsp3) is 0.650. The van der Waals surface area contributed by atoms with Crippen molar-refractivity contribution in [2.75, 3.05) is 13.6 Å². The average molecular weight is 439 g/mol. The molecule has 1 aliphatic rings. The quantitative estimate of drug-likeness (QED) is 0.345. The van der Waals surface area contributed by atoms with Gasteiger partial charge in [-0.25, -0.2) is 9.98 Å². The summed E-state index contributed by atoms with van der Waals surface area (Å²) >= 11 is 3.57. The van der Waals surface area contributed by atoms with Crippen molar-refractivity contribution in [3.63, 3.8) is 0 Å². The Morgan fingerprint density at radius 3 is 2.59 bits per heavy atom. The van der Waals surface area contributed by atoms with Gasteiger partial charge < -0.3 is 14.5 Å². The standard InChI is InChI=1S/C20H31BrN4O2/c1-7-25(6)13-22-18-12-17(21)19(23-14(18)2)26-16-10-8-15(9-11-16)24-27-20(3,4)5/h12-13,16H,7-11H2,1-6H3. The number of aryl methyl sites for hydroxylation is 1. The van der Waals surface area contributed by atoms with Crippen LogP contribution in [0.3, 0.4) is 0 Å². The van der Waals surface area contributed by atoms with Crippen molar-refractivity contribution in [1.29, 1.82) is 0 Å². The van der Waals surface area contributed by atoms with E-state index in [-0.39, 0.29) is 11.7 Å². The van der Waals surface area contributed by atoms with Crippen molar-refractivity contribution in [3.05, 3.63) is 16.2 Å². The maximum Gasteiger partial charge on any atom is 0.228 e. The van der Waals surface area contributed by atoms with Crippen LogP contribution in [-0.4, -0.2) is 47.2 Å². The molecule has 0 bridgehead atoms. The molecule has 0 atom stereocenters. The molecule has 6 nitrogen and oxygen atoms in total. The summed E-state index contributed by atoms with van der Waals surface area (Å²) in [6, 6.07) is 1.96. The van der Waals surface area contributed by atoms with Crippen molar-refractivity contribution in [2.45, 2.75) is 72.0 Å². The Balaban J connectivity index is 1.97. The van der Waals surface area contributed by atoms with Crippen molar-refractivity contribution in [2.24, 2.45) is 10.1 Å². The van der Waals surface area contributed by atoms with Gasteiger partial charge in [0.2, 0.25) is 5.88 Å². The lowest BCUT2D eigenvalue weighted by Gasteiger charge is -2.25. The van der Waals surface area contributed by atoms with Gasteiger partial charge in [-0.05, 0) is 82.3 Å². The maximum atomic E-state index is 6.15. The molecular formula is C20H31BrN4O2. The van der Waals surface area contributed by atoms with Crippen LogP contribution in [0.15, 0.2) is 20.7 Å². The first-order chi connectivity index (χ1) is 12.7. The Morgan fingerprint density at radius 2 is 2.00 bits per heavy atom. The lowest BCUT2D eigenvalue weighted by molar-refractivity contribution is -0.000429. The monoisotopic (exact) mass is 438 g/mol. The molecule has 150 valence electrons. The molecule has 0 spiro atoms. The van der Waals surface area contributed by atoms with E-state index in [1.807, 2.05) is 52.0 Å². The molecule has 1 aromatic rings. The lowest BCUT2D eigenvalue weighted by atomic mass is 9.96. The Hall–Kier alpha value is -1.63. The molecule has 0 aliphatic heterocycles. The summed E-state index contributed by atoms with van der Waals surface area (Å²) in [6.07, 6.45) is 5.58. The zero-order chi connectivity index (χ0) is 20.0. The van der Waals surface area contributed by atoms with E-state index in [2.05, 4.69) is 38.0 Å². The summed E-state index contributed by atoms with van der Waals surface area (Å²) in [5, 5.41) is 4.30. The van der Waals surface area contributed by atoms with E-state index in [1.54, 1.807) is 0 Å². The van der Waals surface area contributed by atoms with Gasteiger partial charge in [-0.15, -0.1) is 0 Å². The van der Waals surface area contributed by atoms with Crippen LogP contribution in [-0.2, 0) is 4.84 Å². The predicted octanol–water partition coefficient (Wildman–Crippen LogP) is 5.26. The second kappa shape index (κ2) is 9.53. The van der Waals surface area contributed by atoms with Crippen LogP contribution in [0.2, 0.25) is 0 Å². The van der Waals surface area contributed by atoms with Crippen molar-refractivity contribution >= 4 is 33.7 Å². The highest BCUT2D eigenvalue weighted by Gasteiger charge is 2.22. The van der Waals surface area contributed by atoms with Crippen LogP contribution in [0.25, 0.3) is 0 Å². The first-order valence-electron chi connectivity index (χ1n) is 9.50. The average Bonchev–Trinajstić information content (AvgIpc) is 2.61. The molecule has 1 aromatic heterocycles. The summed E-state index contributed by atoms with van der Waals surface area (Å²) in [6.45, 7) is 11.0. The van der Waals surface area contributed by atoms with E-state index < -0.39 is 0 Å². The molecule has 2 rings (SSSR count). The number of rotatable bonds is 6. The highest BCUT2D eigenvalue weighted by molar-refractivity contribution is 9.10. The van der Waals surface area contributed by atoms with Crippen LogP contribution in [0.4, 0.5) is 5.69 Å². The minimum atomic E-state index is -0.247. The molecule has 7 heteroatoms. The first-order valence-corrected chi connectivity index (χ1v) is 10.3. The van der Waals surface area contributed by atoms with E-state index in [0.29, 0.717) is 5.88 Å². The van der Waals surface area contributed by atoms with E-state index in [4.69, 9.17) is 9.57 Å². The third-order valence-electron chi connectivity index (χ3n) is 4.24. The Kier molecular flexibility index (Phi) is 7.65. The molecule has 0 aromatic carbocycles. The minimum Gasteiger partial charge on any atom is -0.474 e. The SMILES string of the molecule is CCN(C)C=Nc1cc(Br)c(OC2CCC(=NOC(C)(C)C)CC2)nc1C. The number of hydrogen-bond donors (Lipinski definition) is 0. The van der Waals surface area contributed by atoms with E-state index >= 15 is 0 Å². The molecule has 1 fully saturated rings. The Morgan fingerprint density at radius 1 is 1.33 bits per heavy atom. The number of aliphatic imine (C=N–C) groups is 1. The lowest BCUT2D eigenvalue weighted by Crippen LogP contribution is -2.26. The number of ether oxygens (including phenoxy) is 1. The Labute approximate surface area is 171 Å². The second-order valence-electron chi connectivity index (χ2n) is 7.88. The van der Waals surface area contributed by atoms with Crippen LogP contribution >= 0.6 is 15.9 Å². The van der Waals surface area contributed by atoms with Crippen LogP contribution in [0.1, 0.15) is 59.1 Å². The number of aromatic nitrogens is 1. The zero-order valence-corrected chi connectivity index (χ0v) is 18.8. The molecule has 1 aliphatic carbocycles. The third-order valence-corrected chi connectivity index (χ3v) is 4.81. The van der Waals surface area contributed by atoms with E-state index in [0.717, 1.165) is 53.8 Å². The molecule has 0 radical (unpaired) electrons. The van der Waals surface area contributed by atoms with E-state index in [1.165, 1.54) is 0 Å². The molecule has 27 heavy (non-hydrogen) atoms. The van der Waals surface area contributed by atoms with Gasteiger partial charge in [0, 0.05) is 13.6 Å². The second-order valence-corrected chi connectivity index (χ2v) is 8.73. The summed E-state index contributed by atoms with van der Waals surface area (Å²) in [7, 11) is 1.99. The molecular weight excluding hydrogens is 408 g/mol.